The maximum atomic E-state index is 10.6. The summed E-state index contributed by atoms with van der Waals surface area (Å²) in [7, 11) is 1.69. The molecule has 4 heteroatoms. The van der Waals surface area contributed by atoms with Gasteiger partial charge in [0.1, 0.15) is 6.29 Å². The third kappa shape index (κ3) is 4.98. The second-order valence-electron chi connectivity index (χ2n) is 3.80. The molecule has 0 aromatic heterocycles. The van der Waals surface area contributed by atoms with Crippen LogP contribution in [0.25, 0.3) is 0 Å². The SMILES string of the molecule is CN[C@H](C=O)[C@H](O)[C@H](C)CSC(C)C. The van der Waals surface area contributed by atoms with Crippen molar-refractivity contribution < 1.29 is 9.90 Å². The van der Waals surface area contributed by atoms with Crippen LogP contribution in [-0.2, 0) is 4.79 Å². The minimum absolute atomic E-state index is 0.130. The Morgan fingerprint density at radius 1 is 1.43 bits per heavy atom. The van der Waals surface area contributed by atoms with E-state index in [2.05, 4.69) is 19.2 Å². The Hall–Kier alpha value is -0.0600. The molecule has 0 aromatic rings. The fourth-order valence-corrected chi connectivity index (χ4v) is 2.00. The Balaban J connectivity index is 3.96. The molecule has 0 rings (SSSR count). The quantitative estimate of drug-likeness (QED) is 0.625. The van der Waals surface area contributed by atoms with Gasteiger partial charge in [-0.05, 0) is 24.0 Å². The summed E-state index contributed by atoms with van der Waals surface area (Å²) in [6.45, 7) is 6.21. The second kappa shape index (κ2) is 7.26. The summed E-state index contributed by atoms with van der Waals surface area (Å²) < 4.78 is 0. The lowest BCUT2D eigenvalue weighted by molar-refractivity contribution is -0.112. The van der Waals surface area contributed by atoms with E-state index in [-0.39, 0.29) is 5.92 Å². The lowest BCUT2D eigenvalue weighted by Crippen LogP contribution is -2.43. The van der Waals surface area contributed by atoms with Gasteiger partial charge < -0.3 is 15.2 Å². The van der Waals surface area contributed by atoms with Gasteiger partial charge in [0.25, 0.3) is 0 Å². The van der Waals surface area contributed by atoms with Gasteiger partial charge in [-0.2, -0.15) is 11.8 Å². The van der Waals surface area contributed by atoms with Gasteiger partial charge in [0.15, 0.2) is 0 Å². The van der Waals surface area contributed by atoms with Crippen LogP contribution in [0.3, 0.4) is 0 Å². The molecule has 2 N–H and O–H groups in total. The van der Waals surface area contributed by atoms with Crippen LogP contribution in [0, 0.1) is 5.92 Å². The number of hydrogen-bond donors (Lipinski definition) is 2. The van der Waals surface area contributed by atoms with E-state index >= 15 is 0 Å². The molecule has 0 fully saturated rings. The smallest absolute Gasteiger partial charge is 0.139 e. The van der Waals surface area contributed by atoms with Crippen LogP contribution >= 0.6 is 11.8 Å². The van der Waals surface area contributed by atoms with Gasteiger partial charge in [-0.25, -0.2) is 0 Å². The third-order valence-electron chi connectivity index (χ3n) is 2.12. The van der Waals surface area contributed by atoms with Gasteiger partial charge in [-0.1, -0.05) is 20.8 Å². The first-order valence-corrected chi connectivity index (χ1v) is 6.00. The molecule has 0 unspecified atom stereocenters. The number of thioether (sulfide) groups is 1. The number of rotatable bonds is 7. The molecule has 0 bridgehead atoms. The highest BCUT2D eigenvalue weighted by Crippen LogP contribution is 2.17. The molecule has 84 valence electrons. The molecule has 0 spiro atoms. The van der Waals surface area contributed by atoms with Crippen LogP contribution in [0.5, 0.6) is 0 Å². The number of carbonyl (C=O) groups is 1. The van der Waals surface area contributed by atoms with E-state index in [9.17, 15) is 9.90 Å². The normalized spacial score (nSPS) is 17.9. The van der Waals surface area contributed by atoms with E-state index in [0.29, 0.717) is 5.25 Å². The lowest BCUT2D eigenvalue weighted by Gasteiger charge is -2.23. The molecule has 0 saturated heterocycles. The highest BCUT2D eigenvalue weighted by molar-refractivity contribution is 7.99. The summed E-state index contributed by atoms with van der Waals surface area (Å²) in [4.78, 5) is 10.6. The summed E-state index contributed by atoms with van der Waals surface area (Å²) >= 11 is 1.80. The molecule has 0 aromatic carbocycles. The molecular formula is C10H21NO2S. The topological polar surface area (TPSA) is 49.3 Å². The summed E-state index contributed by atoms with van der Waals surface area (Å²) in [5.41, 5.74) is 0. The number of aldehydes is 1. The fraction of sp³-hybridized carbons (Fsp3) is 0.900. The molecule has 0 radical (unpaired) electrons. The minimum Gasteiger partial charge on any atom is -0.391 e. The molecule has 3 atom stereocenters. The van der Waals surface area contributed by atoms with Gasteiger partial charge >= 0.3 is 0 Å². The van der Waals surface area contributed by atoms with E-state index in [1.165, 1.54) is 0 Å². The van der Waals surface area contributed by atoms with Crippen LogP contribution in [0.15, 0.2) is 0 Å². The predicted molar refractivity (Wildman–Crippen MR) is 61.7 cm³/mol. The molecule has 0 heterocycles. The summed E-state index contributed by atoms with van der Waals surface area (Å²) in [5, 5.41) is 13.1. The Labute approximate surface area is 90.7 Å². The van der Waals surface area contributed by atoms with Crippen LogP contribution < -0.4 is 5.32 Å². The van der Waals surface area contributed by atoms with Crippen molar-refractivity contribution in [3.8, 4) is 0 Å². The van der Waals surface area contributed by atoms with Crippen molar-refractivity contribution in [3.05, 3.63) is 0 Å². The Bertz CT molecular complexity index is 164. The van der Waals surface area contributed by atoms with Gasteiger partial charge in [0.05, 0.1) is 12.1 Å². The highest BCUT2D eigenvalue weighted by atomic mass is 32.2. The van der Waals surface area contributed by atoms with E-state index in [1.54, 1.807) is 18.8 Å². The number of nitrogens with one attached hydrogen (secondary N) is 1. The van der Waals surface area contributed by atoms with Gasteiger partial charge in [-0.3, -0.25) is 0 Å². The Morgan fingerprint density at radius 2 is 2.00 bits per heavy atom. The van der Waals surface area contributed by atoms with E-state index in [4.69, 9.17) is 0 Å². The first-order valence-electron chi connectivity index (χ1n) is 4.95. The monoisotopic (exact) mass is 219 g/mol. The van der Waals surface area contributed by atoms with Gasteiger partial charge in [-0.15, -0.1) is 0 Å². The first kappa shape index (κ1) is 13.9. The first-order chi connectivity index (χ1) is 6.52. The molecule has 0 amide bonds. The molecule has 0 saturated carbocycles. The maximum absolute atomic E-state index is 10.6. The average Bonchev–Trinajstić information content (AvgIpc) is 2.15. The third-order valence-corrected chi connectivity index (χ3v) is 3.51. The van der Waals surface area contributed by atoms with Crippen molar-refractivity contribution in [2.24, 2.45) is 5.92 Å². The summed E-state index contributed by atoms with van der Waals surface area (Å²) in [6.07, 6.45) is 0.171. The molecule has 0 aliphatic carbocycles. The number of carbonyl (C=O) groups excluding carboxylic acids is 1. The minimum atomic E-state index is -0.594. The number of aliphatic hydroxyl groups excluding tert-OH is 1. The van der Waals surface area contributed by atoms with Crippen molar-refractivity contribution in [1.29, 1.82) is 0 Å². The zero-order valence-electron chi connectivity index (χ0n) is 9.36. The van der Waals surface area contributed by atoms with Gasteiger partial charge in [0.2, 0.25) is 0 Å². The van der Waals surface area contributed by atoms with Crippen LogP contribution in [-0.4, -0.2) is 41.6 Å². The summed E-state index contributed by atoms with van der Waals surface area (Å²) in [6, 6.07) is -0.447. The van der Waals surface area contributed by atoms with Crippen LogP contribution in [0.2, 0.25) is 0 Å². The molecule has 14 heavy (non-hydrogen) atoms. The van der Waals surface area contributed by atoms with Gasteiger partial charge in [0, 0.05) is 0 Å². The number of likely N-dealkylation sites (N-methyl/N-ethyl adjacent to an activating group) is 1. The molecular weight excluding hydrogens is 198 g/mol. The lowest BCUT2D eigenvalue weighted by atomic mass is 10.0. The van der Waals surface area contributed by atoms with E-state index < -0.39 is 12.1 Å². The zero-order chi connectivity index (χ0) is 11.1. The highest BCUT2D eigenvalue weighted by Gasteiger charge is 2.22. The van der Waals surface area contributed by atoms with E-state index in [0.717, 1.165) is 12.0 Å². The predicted octanol–water partition coefficient (Wildman–Crippen LogP) is 0.912. The maximum Gasteiger partial charge on any atom is 0.139 e. The van der Waals surface area contributed by atoms with Crippen molar-refractivity contribution in [3.63, 3.8) is 0 Å². The van der Waals surface area contributed by atoms with Crippen molar-refractivity contribution in [2.45, 2.75) is 38.2 Å². The second-order valence-corrected chi connectivity index (χ2v) is 5.41. The number of hydrogen-bond acceptors (Lipinski definition) is 4. The van der Waals surface area contributed by atoms with Crippen LogP contribution in [0.4, 0.5) is 0 Å². The van der Waals surface area contributed by atoms with Crippen molar-refractivity contribution >= 4 is 18.0 Å². The van der Waals surface area contributed by atoms with Crippen molar-refractivity contribution in [1.82, 2.24) is 5.32 Å². The summed E-state index contributed by atoms with van der Waals surface area (Å²) in [5.74, 6) is 1.01. The Morgan fingerprint density at radius 3 is 2.36 bits per heavy atom. The molecule has 0 aliphatic rings. The van der Waals surface area contributed by atoms with Crippen LogP contribution in [0.1, 0.15) is 20.8 Å². The standard InChI is InChI=1S/C10H21NO2S/c1-7(2)14-6-8(3)10(13)9(5-12)11-4/h5,7-11,13H,6H2,1-4H3/t8-,9-,10-/m1/s1. The molecule has 0 aliphatic heterocycles. The largest absolute Gasteiger partial charge is 0.391 e. The van der Waals surface area contributed by atoms with Crippen molar-refractivity contribution in [2.75, 3.05) is 12.8 Å². The number of aliphatic hydroxyl groups is 1. The zero-order valence-corrected chi connectivity index (χ0v) is 10.2. The molecule has 3 nitrogen and oxygen atoms in total. The fourth-order valence-electron chi connectivity index (χ4n) is 1.12. The Kier molecular flexibility index (Phi) is 7.23. The average molecular weight is 219 g/mol. The van der Waals surface area contributed by atoms with E-state index in [1.807, 2.05) is 6.92 Å².